The van der Waals surface area contributed by atoms with Crippen molar-refractivity contribution in [2.45, 2.75) is 41.9 Å². The van der Waals surface area contributed by atoms with Crippen LogP contribution in [0.2, 0.25) is 0 Å². The highest BCUT2D eigenvalue weighted by molar-refractivity contribution is 7.90. The molecule has 0 radical (unpaired) electrons. The Labute approximate surface area is 174 Å². The molecule has 1 aromatic carbocycles. The monoisotopic (exact) mass is 446 g/mol. The molecule has 0 aliphatic carbocycles. The number of nitrogens with zero attached hydrogens (tertiary/aromatic N) is 1. The van der Waals surface area contributed by atoms with Crippen molar-refractivity contribution in [3.8, 4) is 5.75 Å². The van der Waals surface area contributed by atoms with E-state index in [0.29, 0.717) is 6.42 Å². The zero-order valence-corrected chi connectivity index (χ0v) is 17.5. The maximum Gasteiger partial charge on any atom is 0.407 e. The van der Waals surface area contributed by atoms with Gasteiger partial charge in [0.15, 0.2) is 21.4 Å². The lowest BCUT2D eigenvalue weighted by atomic mass is 9.88. The molecule has 2 aliphatic heterocycles. The van der Waals surface area contributed by atoms with Gasteiger partial charge in [0.05, 0.1) is 24.8 Å². The lowest BCUT2D eigenvalue weighted by Gasteiger charge is -2.34. The number of piperidine rings is 1. The molecule has 30 heavy (non-hydrogen) atoms. The molecule has 2 fully saturated rings. The number of halogens is 1. The van der Waals surface area contributed by atoms with E-state index in [2.05, 4.69) is 5.32 Å². The van der Waals surface area contributed by atoms with E-state index in [1.165, 1.54) is 12.1 Å². The summed E-state index contributed by atoms with van der Waals surface area (Å²) in [5, 5.41) is 23.1. The summed E-state index contributed by atoms with van der Waals surface area (Å²) >= 11 is 0. The molecule has 2 atom stereocenters. The molecule has 0 bridgehead atoms. The van der Waals surface area contributed by atoms with Crippen LogP contribution < -0.4 is 10.1 Å². The first-order valence-electron chi connectivity index (χ1n) is 9.75. The normalized spacial score (nSPS) is 22.0. The number of carboxylic acid groups (broad SMARTS) is 1. The van der Waals surface area contributed by atoms with Crippen molar-refractivity contribution in [1.29, 1.82) is 0 Å². The minimum absolute atomic E-state index is 0.231. The predicted molar refractivity (Wildman–Crippen MR) is 105 cm³/mol. The average Bonchev–Trinajstić information content (AvgIpc) is 3.07. The van der Waals surface area contributed by atoms with Crippen molar-refractivity contribution in [1.82, 2.24) is 10.2 Å². The van der Waals surface area contributed by atoms with Crippen LogP contribution in [-0.2, 0) is 14.6 Å². The van der Waals surface area contributed by atoms with Gasteiger partial charge < -0.3 is 29.9 Å². The molecule has 1 spiro atoms. The second-order valence-electron chi connectivity index (χ2n) is 7.84. The van der Waals surface area contributed by atoms with Crippen molar-refractivity contribution >= 4 is 15.9 Å². The number of sulfone groups is 1. The fraction of sp³-hybridized carbons (Fsp3) is 0.632. The number of aliphatic hydroxyl groups is 1. The number of carbonyl (C=O) groups is 1. The topological polar surface area (TPSA) is 125 Å². The summed E-state index contributed by atoms with van der Waals surface area (Å²) < 4.78 is 48.7. The van der Waals surface area contributed by atoms with Crippen molar-refractivity contribution in [3.63, 3.8) is 0 Å². The van der Waals surface area contributed by atoms with Gasteiger partial charge in [-0.3, -0.25) is 0 Å². The maximum absolute atomic E-state index is 14.3. The van der Waals surface area contributed by atoms with Crippen LogP contribution in [0.25, 0.3) is 0 Å². The molecule has 2 aliphatic rings. The van der Waals surface area contributed by atoms with Gasteiger partial charge in [-0.1, -0.05) is 6.07 Å². The summed E-state index contributed by atoms with van der Waals surface area (Å²) in [6, 6.07) is 3.31. The predicted octanol–water partition coefficient (Wildman–Crippen LogP) is 0.860. The van der Waals surface area contributed by atoms with Crippen LogP contribution in [0.15, 0.2) is 23.1 Å². The van der Waals surface area contributed by atoms with Crippen LogP contribution in [0.4, 0.5) is 9.18 Å². The van der Waals surface area contributed by atoms with E-state index in [0.717, 1.165) is 43.2 Å². The number of hydrogen-bond acceptors (Lipinski definition) is 7. The number of ether oxygens (including phenoxy) is 2. The zero-order valence-electron chi connectivity index (χ0n) is 16.7. The molecule has 0 aromatic heterocycles. The minimum Gasteiger partial charge on any atom is -0.488 e. The van der Waals surface area contributed by atoms with E-state index < -0.39 is 39.4 Å². The lowest BCUT2D eigenvalue weighted by Crippen LogP contribution is -2.47. The highest BCUT2D eigenvalue weighted by Crippen LogP contribution is 2.36. The molecular weight excluding hydrogens is 419 g/mol. The summed E-state index contributed by atoms with van der Waals surface area (Å²) in [6.07, 6.45) is 0.635. The van der Waals surface area contributed by atoms with E-state index in [-0.39, 0.29) is 30.5 Å². The van der Waals surface area contributed by atoms with E-state index >= 15 is 0 Å². The summed E-state index contributed by atoms with van der Waals surface area (Å²) in [6.45, 7) is 1.26. The fourth-order valence-corrected chi connectivity index (χ4v) is 4.74. The summed E-state index contributed by atoms with van der Waals surface area (Å²) in [4.78, 5) is 12.4. The highest BCUT2D eigenvalue weighted by atomic mass is 32.2. The van der Waals surface area contributed by atoms with Crippen molar-refractivity contribution < 1.29 is 37.3 Å². The van der Waals surface area contributed by atoms with Crippen LogP contribution >= 0.6 is 0 Å². The maximum atomic E-state index is 14.3. The third-order valence-electron chi connectivity index (χ3n) is 5.56. The van der Waals surface area contributed by atoms with Crippen LogP contribution in [0.3, 0.4) is 0 Å². The van der Waals surface area contributed by atoms with E-state index in [1.807, 2.05) is 0 Å². The number of amides is 1. The minimum atomic E-state index is -3.77. The van der Waals surface area contributed by atoms with Gasteiger partial charge in [-0.25, -0.2) is 17.6 Å². The Bertz CT molecular complexity index is 874. The highest BCUT2D eigenvalue weighted by Gasteiger charge is 2.44. The first-order valence-corrected chi connectivity index (χ1v) is 11.6. The van der Waals surface area contributed by atoms with Gasteiger partial charge in [-0.05, 0) is 44.5 Å². The second kappa shape index (κ2) is 9.04. The molecule has 2 heterocycles. The van der Waals surface area contributed by atoms with E-state index in [4.69, 9.17) is 9.47 Å². The number of rotatable bonds is 7. The first kappa shape index (κ1) is 22.7. The Kier molecular flexibility index (Phi) is 6.85. The molecule has 3 rings (SSSR count). The molecular formula is C19H27FN2O7S. The fourth-order valence-electron chi connectivity index (χ4n) is 3.99. The third-order valence-corrected chi connectivity index (χ3v) is 6.67. The standard InChI is InChI=1S/C19H27FN2O7S/c1-30(26,27)16-4-2-3-15(17(16)20)28-12-14(23)10-22(18(24)25)13-9-19(29-11-13)5-7-21-8-6-19/h2-4,13-14,21,23H,5-12H2,1H3,(H,24,25)/t13-,14-/m0/s1. The number of benzene rings is 1. The van der Waals surface area contributed by atoms with Crippen molar-refractivity contribution in [2.24, 2.45) is 0 Å². The van der Waals surface area contributed by atoms with Gasteiger partial charge in [0.2, 0.25) is 0 Å². The van der Waals surface area contributed by atoms with Gasteiger partial charge in [0, 0.05) is 6.26 Å². The number of aliphatic hydroxyl groups excluding tert-OH is 1. The Morgan fingerprint density at radius 3 is 2.77 bits per heavy atom. The Morgan fingerprint density at radius 2 is 2.13 bits per heavy atom. The third kappa shape index (κ3) is 5.20. The molecule has 3 N–H and O–H groups in total. The largest absolute Gasteiger partial charge is 0.488 e. The van der Waals surface area contributed by atoms with Gasteiger partial charge in [-0.2, -0.15) is 0 Å². The van der Waals surface area contributed by atoms with Crippen molar-refractivity contribution in [2.75, 3.05) is 39.1 Å². The van der Waals surface area contributed by atoms with Gasteiger partial charge >= 0.3 is 6.09 Å². The van der Waals surface area contributed by atoms with Gasteiger partial charge in [0.25, 0.3) is 0 Å². The SMILES string of the molecule is CS(=O)(=O)c1cccc(OC[C@@H](O)CN(C(=O)O)[C@@H]2COC3(CCNCC3)C2)c1F. The lowest BCUT2D eigenvalue weighted by molar-refractivity contribution is -0.0205. The van der Waals surface area contributed by atoms with Gasteiger partial charge in [-0.15, -0.1) is 0 Å². The first-order chi connectivity index (χ1) is 14.1. The summed E-state index contributed by atoms with van der Waals surface area (Å²) in [5.74, 6) is -1.36. The second-order valence-corrected chi connectivity index (χ2v) is 9.83. The Balaban J connectivity index is 1.60. The molecule has 168 valence electrons. The van der Waals surface area contributed by atoms with Gasteiger partial charge in [0.1, 0.15) is 17.6 Å². The molecule has 1 aromatic rings. The summed E-state index contributed by atoms with van der Waals surface area (Å²) in [5.41, 5.74) is -0.333. The van der Waals surface area contributed by atoms with Crippen LogP contribution in [0.1, 0.15) is 19.3 Å². The molecule has 11 heteroatoms. The number of nitrogens with one attached hydrogen (secondary N) is 1. The van der Waals surface area contributed by atoms with Crippen LogP contribution in [0.5, 0.6) is 5.75 Å². The van der Waals surface area contributed by atoms with Crippen LogP contribution in [-0.4, -0.2) is 86.5 Å². The average molecular weight is 446 g/mol. The summed E-state index contributed by atoms with van der Waals surface area (Å²) in [7, 11) is -3.77. The molecule has 9 nitrogen and oxygen atoms in total. The van der Waals surface area contributed by atoms with Crippen molar-refractivity contribution in [3.05, 3.63) is 24.0 Å². The molecule has 0 unspecified atom stereocenters. The number of hydrogen-bond donors (Lipinski definition) is 3. The smallest absolute Gasteiger partial charge is 0.407 e. The molecule has 0 saturated carbocycles. The zero-order chi connectivity index (χ0) is 21.9. The molecule has 2 saturated heterocycles. The molecule has 1 amide bonds. The van der Waals surface area contributed by atoms with E-state index in [9.17, 15) is 27.8 Å². The Morgan fingerprint density at radius 1 is 1.43 bits per heavy atom. The quantitative estimate of drug-likeness (QED) is 0.563. The Hall–Kier alpha value is -1.95. The van der Waals surface area contributed by atoms with Crippen LogP contribution in [0, 0.1) is 5.82 Å². The van der Waals surface area contributed by atoms with E-state index in [1.54, 1.807) is 0 Å².